The molecule has 0 unspecified atom stereocenters. The summed E-state index contributed by atoms with van der Waals surface area (Å²) in [5.74, 6) is 0. The standard InChI is InChI=1S/C28H38N2.2BrH/c1-23-15-19-29(25(3)21-23)17-7-5-9-27-11-13-28(14-12-27)10-6-8-18-30-20-16-24(2)22-26(30)4;;/h11-16,19-22H,5-10,17-18H2,1-4H3;2*1H/q+2;;/p-2. The SMILES string of the molecule is Cc1cc[n+](CCCCc2ccc(CCCC[n+]3ccc(C)cc3C)cc2)c(C)c1.[Br-].[Br-]. The van der Waals surface area contributed by atoms with Crippen molar-refractivity contribution in [2.45, 2.75) is 79.3 Å². The molecule has 1 aromatic carbocycles. The van der Waals surface area contributed by atoms with E-state index in [1.165, 1.54) is 72.2 Å². The van der Waals surface area contributed by atoms with Crippen molar-refractivity contribution < 1.29 is 43.1 Å². The maximum absolute atomic E-state index is 2.37. The van der Waals surface area contributed by atoms with Crippen molar-refractivity contribution in [3.63, 3.8) is 0 Å². The highest BCUT2D eigenvalue weighted by atomic mass is 79.9. The third-order valence-electron chi connectivity index (χ3n) is 6.07. The van der Waals surface area contributed by atoms with E-state index in [-0.39, 0.29) is 34.0 Å². The number of benzene rings is 1. The Balaban J connectivity index is 0.00000256. The third-order valence-corrected chi connectivity index (χ3v) is 6.07. The van der Waals surface area contributed by atoms with Crippen LogP contribution in [0.15, 0.2) is 60.9 Å². The Morgan fingerprint density at radius 3 is 1.25 bits per heavy atom. The lowest BCUT2D eigenvalue weighted by molar-refractivity contribution is -0.703. The molecule has 2 aromatic heterocycles. The molecule has 0 amide bonds. The number of pyridine rings is 2. The van der Waals surface area contributed by atoms with Gasteiger partial charge in [-0.2, -0.15) is 0 Å². The van der Waals surface area contributed by atoms with E-state index >= 15 is 0 Å². The van der Waals surface area contributed by atoms with E-state index in [9.17, 15) is 0 Å². The molecule has 4 heteroatoms. The summed E-state index contributed by atoms with van der Waals surface area (Å²) in [4.78, 5) is 0. The largest absolute Gasteiger partial charge is 1.00 e. The highest BCUT2D eigenvalue weighted by Gasteiger charge is 2.07. The predicted molar refractivity (Wildman–Crippen MR) is 125 cm³/mol. The van der Waals surface area contributed by atoms with Crippen molar-refractivity contribution >= 4 is 0 Å². The lowest BCUT2D eigenvalue weighted by Gasteiger charge is -2.05. The van der Waals surface area contributed by atoms with Gasteiger partial charge in [-0.15, -0.1) is 0 Å². The van der Waals surface area contributed by atoms with Crippen LogP contribution in [0.2, 0.25) is 0 Å². The van der Waals surface area contributed by atoms with Gasteiger partial charge in [-0.3, -0.25) is 0 Å². The Morgan fingerprint density at radius 2 is 0.906 bits per heavy atom. The van der Waals surface area contributed by atoms with Crippen LogP contribution in [0.25, 0.3) is 0 Å². The molecule has 2 nitrogen and oxygen atoms in total. The van der Waals surface area contributed by atoms with E-state index in [2.05, 4.69) is 97.8 Å². The molecule has 0 bridgehead atoms. The van der Waals surface area contributed by atoms with E-state index in [0.717, 1.165) is 13.1 Å². The molecule has 0 aliphatic carbocycles. The summed E-state index contributed by atoms with van der Waals surface area (Å²) in [6.45, 7) is 10.9. The van der Waals surface area contributed by atoms with Crippen molar-refractivity contribution in [1.82, 2.24) is 0 Å². The van der Waals surface area contributed by atoms with Gasteiger partial charge in [0.25, 0.3) is 0 Å². The average Bonchev–Trinajstić information content (AvgIpc) is 2.72. The van der Waals surface area contributed by atoms with Crippen LogP contribution in [0.1, 0.15) is 59.3 Å². The molecule has 0 N–H and O–H groups in total. The lowest BCUT2D eigenvalue weighted by atomic mass is 10.0. The van der Waals surface area contributed by atoms with Gasteiger partial charge < -0.3 is 34.0 Å². The summed E-state index contributed by atoms with van der Waals surface area (Å²) in [6.07, 6.45) is 11.7. The summed E-state index contributed by atoms with van der Waals surface area (Å²) >= 11 is 0. The number of hydrogen-bond acceptors (Lipinski definition) is 0. The summed E-state index contributed by atoms with van der Waals surface area (Å²) < 4.78 is 4.74. The fourth-order valence-corrected chi connectivity index (χ4v) is 4.17. The first-order valence-corrected chi connectivity index (χ1v) is 11.5. The number of rotatable bonds is 10. The van der Waals surface area contributed by atoms with Gasteiger partial charge in [0.2, 0.25) is 0 Å². The van der Waals surface area contributed by atoms with Gasteiger partial charge >= 0.3 is 0 Å². The predicted octanol–water partition coefficient (Wildman–Crippen LogP) is -0.451. The molecule has 32 heavy (non-hydrogen) atoms. The lowest BCUT2D eigenvalue weighted by Crippen LogP contribution is -3.00. The number of unbranched alkanes of at least 4 members (excludes halogenated alkanes) is 2. The Hall–Kier alpha value is -1.52. The molecule has 0 saturated carbocycles. The fraction of sp³-hybridized carbons (Fsp3) is 0.429. The summed E-state index contributed by atoms with van der Waals surface area (Å²) in [6, 6.07) is 18.3. The molecule has 0 aliphatic heterocycles. The van der Waals surface area contributed by atoms with E-state index in [1.807, 2.05) is 0 Å². The van der Waals surface area contributed by atoms with E-state index in [0.29, 0.717) is 0 Å². The van der Waals surface area contributed by atoms with Crippen LogP contribution >= 0.6 is 0 Å². The summed E-state index contributed by atoms with van der Waals surface area (Å²) in [7, 11) is 0. The second kappa shape index (κ2) is 14.6. The number of hydrogen-bond donors (Lipinski definition) is 0. The van der Waals surface area contributed by atoms with E-state index in [1.54, 1.807) is 0 Å². The van der Waals surface area contributed by atoms with Gasteiger partial charge in [0.15, 0.2) is 23.8 Å². The molecule has 0 atom stereocenters. The minimum absolute atomic E-state index is 0. The smallest absolute Gasteiger partial charge is 0.178 e. The normalized spacial score (nSPS) is 10.4. The zero-order valence-corrected chi connectivity index (χ0v) is 23.3. The molecule has 3 rings (SSSR count). The van der Waals surface area contributed by atoms with Gasteiger partial charge in [0, 0.05) is 51.0 Å². The van der Waals surface area contributed by atoms with Crippen molar-refractivity contribution in [3.8, 4) is 0 Å². The molecule has 0 spiro atoms. The van der Waals surface area contributed by atoms with Gasteiger partial charge in [0.1, 0.15) is 13.1 Å². The zero-order chi connectivity index (χ0) is 21.3. The first kappa shape index (κ1) is 28.5. The van der Waals surface area contributed by atoms with Crippen LogP contribution in [0.4, 0.5) is 0 Å². The molecule has 174 valence electrons. The monoisotopic (exact) mass is 560 g/mol. The minimum atomic E-state index is 0. The first-order chi connectivity index (χ1) is 14.5. The van der Waals surface area contributed by atoms with Gasteiger partial charge in [0.05, 0.1) is 0 Å². The Bertz CT molecular complexity index is 874. The average molecular weight is 562 g/mol. The Morgan fingerprint density at radius 1 is 0.531 bits per heavy atom. The highest BCUT2D eigenvalue weighted by molar-refractivity contribution is 5.22. The Kier molecular flexibility index (Phi) is 13.0. The number of aryl methyl sites for hydroxylation is 8. The molecule has 2 heterocycles. The maximum Gasteiger partial charge on any atom is 0.178 e. The fourth-order valence-electron chi connectivity index (χ4n) is 4.17. The molecule has 0 saturated heterocycles. The molecule has 0 radical (unpaired) electrons. The zero-order valence-electron chi connectivity index (χ0n) is 20.1. The minimum Gasteiger partial charge on any atom is -1.00 e. The molecule has 3 aromatic rings. The van der Waals surface area contributed by atoms with Crippen molar-refractivity contribution in [3.05, 3.63) is 94.6 Å². The molecule has 0 aliphatic rings. The highest BCUT2D eigenvalue weighted by Crippen LogP contribution is 2.11. The Labute approximate surface area is 216 Å². The van der Waals surface area contributed by atoms with Crippen LogP contribution in [0.3, 0.4) is 0 Å². The van der Waals surface area contributed by atoms with Crippen molar-refractivity contribution in [2.75, 3.05) is 0 Å². The quantitative estimate of drug-likeness (QED) is 0.234. The number of halogens is 2. The van der Waals surface area contributed by atoms with Gasteiger partial charge in [-0.05, 0) is 61.8 Å². The van der Waals surface area contributed by atoms with E-state index in [4.69, 9.17) is 0 Å². The second-order valence-electron chi connectivity index (χ2n) is 8.81. The third kappa shape index (κ3) is 9.15. The van der Waals surface area contributed by atoms with Crippen molar-refractivity contribution in [2.24, 2.45) is 0 Å². The topological polar surface area (TPSA) is 7.76 Å². The molecular formula is C28H38Br2N2. The van der Waals surface area contributed by atoms with E-state index < -0.39 is 0 Å². The van der Waals surface area contributed by atoms with Crippen LogP contribution in [0.5, 0.6) is 0 Å². The number of aromatic nitrogens is 2. The van der Waals surface area contributed by atoms with Crippen LogP contribution in [0, 0.1) is 27.7 Å². The molecular weight excluding hydrogens is 524 g/mol. The van der Waals surface area contributed by atoms with Crippen LogP contribution < -0.4 is 43.1 Å². The van der Waals surface area contributed by atoms with Gasteiger partial charge in [-0.1, -0.05) is 24.3 Å². The summed E-state index contributed by atoms with van der Waals surface area (Å²) in [5.41, 5.74) is 8.33. The summed E-state index contributed by atoms with van der Waals surface area (Å²) in [5, 5.41) is 0. The molecule has 0 fully saturated rings. The van der Waals surface area contributed by atoms with Crippen LogP contribution in [-0.2, 0) is 25.9 Å². The van der Waals surface area contributed by atoms with Gasteiger partial charge in [-0.25, -0.2) is 9.13 Å². The van der Waals surface area contributed by atoms with Crippen LogP contribution in [-0.4, -0.2) is 0 Å². The first-order valence-electron chi connectivity index (χ1n) is 11.5. The number of nitrogens with zero attached hydrogens (tertiary/aromatic N) is 2. The second-order valence-corrected chi connectivity index (χ2v) is 8.81. The maximum atomic E-state index is 2.37. The van der Waals surface area contributed by atoms with Crippen molar-refractivity contribution in [1.29, 1.82) is 0 Å².